The smallest absolute Gasteiger partial charge is 0.255 e. The van der Waals surface area contributed by atoms with Crippen LogP contribution in [0.1, 0.15) is 21.5 Å². The molecule has 0 aliphatic rings. The standard InChI is InChI=1S/C17H20N2O3S/c1-12-10-15(23(21,22)19(3)4)11-16(13(12)2)18-17(20)14-8-6-5-7-9-14/h5-11H,1-4H3,(H,18,20). The first-order chi connectivity index (χ1) is 10.7. The summed E-state index contributed by atoms with van der Waals surface area (Å²) in [6.07, 6.45) is 0. The molecule has 2 aromatic rings. The molecule has 2 aromatic carbocycles. The summed E-state index contributed by atoms with van der Waals surface area (Å²) in [6, 6.07) is 11.9. The number of sulfonamides is 1. The molecule has 0 aromatic heterocycles. The average molecular weight is 332 g/mol. The van der Waals surface area contributed by atoms with E-state index in [1.54, 1.807) is 30.3 Å². The maximum Gasteiger partial charge on any atom is 0.255 e. The van der Waals surface area contributed by atoms with Gasteiger partial charge in [0.1, 0.15) is 0 Å². The van der Waals surface area contributed by atoms with Gasteiger partial charge in [-0.25, -0.2) is 12.7 Å². The van der Waals surface area contributed by atoms with Crippen LogP contribution in [0, 0.1) is 13.8 Å². The van der Waals surface area contributed by atoms with Crippen molar-refractivity contribution in [3.05, 3.63) is 59.2 Å². The number of hydrogen-bond donors (Lipinski definition) is 1. The van der Waals surface area contributed by atoms with Crippen molar-refractivity contribution >= 4 is 21.6 Å². The third-order valence-corrected chi connectivity index (χ3v) is 5.50. The molecule has 0 radical (unpaired) electrons. The largest absolute Gasteiger partial charge is 0.322 e. The fourth-order valence-corrected chi connectivity index (χ4v) is 3.11. The molecule has 122 valence electrons. The van der Waals surface area contributed by atoms with Gasteiger partial charge in [-0.2, -0.15) is 0 Å². The van der Waals surface area contributed by atoms with Crippen LogP contribution in [-0.2, 0) is 10.0 Å². The van der Waals surface area contributed by atoms with Gasteiger partial charge in [0.15, 0.2) is 0 Å². The van der Waals surface area contributed by atoms with Crippen LogP contribution in [-0.4, -0.2) is 32.7 Å². The molecule has 6 heteroatoms. The number of carbonyl (C=O) groups is 1. The van der Waals surface area contributed by atoms with E-state index in [0.29, 0.717) is 11.3 Å². The topological polar surface area (TPSA) is 66.5 Å². The van der Waals surface area contributed by atoms with Crippen LogP contribution >= 0.6 is 0 Å². The Bertz CT molecular complexity index is 828. The van der Waals surface area contributed by atoms with E-state index in [0.717, 1.165) is 15.4 Å². The molecule has 0 bridgehead atoms. The summed E-state index contributed by atoms with van der Waals surface area (Å²) in [4.78, 5) is 12.5. The van der Waals surface area contributed by atoms with E-state index < -0.39 is 10.0 Å². The summed E-state index contributed by atoms with van der Waals surface area (Å²) in [5.74, 6) is -0.271. The number of anilines is 1. The van der Waals surface area contributed by atoms with E-state index in [4.69, 9.17) is 0 Å². The molecule has 0 saturated heterocycles. The Labute approximate surface area is 137 Å². The zero-order chi connectivity index (χ0) is 17.2. The SMILES string of the molecule is Cc1cc(S(=O)(=O)N(C)C)cc(NC(=O)c2ccccc2)c1C. The molecule has 0 heterocycles. The Morgan fingerprint density at radius 1 is 1.04 bits per heavy atom. The van der Waals surface area contributed by atoms with Gasteiger partial charge in [0.2, 0.25) is 10.0 Å². The van der Waals surface area contributed by atoms with E-state index in [1.807, 2.05) is 19.9 Å². The zero-order valence-electron chi connectivity index (χ0n) is 13.6. The van der Waals surface area contributed by atoms with Gasteiger partial charge in [-0.05, 0) is 49.2 Å². The number of hydrogen-bond acceptors (Lipinski definition) is 3. The van der Waals surface area contributed by atoms with Gasteiger partial charge in [0.05, 0.1) is 4.90 Å². The summed E-state index contributed by atoms with van der Waals surface area (Å²) >= 11 is 0. The Morgan fingerprint density at radius 3 is 2.22 bits per heavy atom. The first-order valence-corrected chi connectivity index (χ1v) is 8.57. The molecular weight excluding hydrogens is 312 g/mol. The summed E-state index contributed by atoms with van der Waals surface area (Å²) < 4.78 is 25.8. The molecule has 5 nitrogen and oxygen atoms in total. The Morgan fingerprint density at radius 2 is 1.65 bits per heavy atom. The van der Waals surface area contributed by atoms with E-state index in [1.165, 1.54) is 20.2 Å². The molecule has 0 aliphatic heterocycles. The Balaban J connectivity index is 2.43. The average Bonchev–Trinajstić information content (AvgIpc) is 2.52. The maximum atomic E-state index is 12.3. The molecule has 0 spiro atoms. The molecule has 1 N–H and O–H groups in total. The minimum atomic E-state index is -3.56. The van der Waals surface area contributed by atoms with Crippen LogP contribution < -0.4 is 5.32 Å². The predicted molar refractivity (Wildman–Crippen MR) is 91.2 cm³/mol. The molecular formula is C17H20N2O3S. The first kappa shape index (κ1) is 17.2. The summed E-state index contributed by atoms with van der Waals surface area (Å²) in [5.41, 5.74) is 2.66. The van der Waals surface area contributed by atoms with Gasteiger partial charge in [0, 0.05) is 25.3 Å². The van der Waals surface area contributed by atoms with Crippen molar-refractivity contribution in [2.75, 3.05) is 19.4 Å². The molecule has 0 aliphatic carbocycles. The van der Waals surface area contributed by atoms with Crippen molar-refractivity contribution in [2.24, 2.45) is 0 Å². The lowest BCUT2D eigenvalue weighted by atomic mass is 10.1. The van der Waals surface area contributed by atoms with Crippen LogP contribution in [0.5, 0.6) is 0 Å². The molecule has 1 amide bonds. The molecule has 2 rings (SSSR count). The molecule has 0 unspecified atom stereocenters. The Hall–Kier alpha value is -2.18. The van der Waals surface area contributed by atoms with Crippen molar-refractivity contribution in [1.82, 2.24) is 4.31 Å². The number of carbonyl (C=O) groups excluding carboxylic acids is 1. The van der Waals surface area contributed by atoms with Crippen LogP contribution in [0.25, 0.3) is 0 Å². The van der Waals surface area contributed by atoms with Crippen molar-refractivity contribution in [3.8, 4) is 0 Å². The van der Waals surface area contributed by atoms with E-state index in [-0.39, 0.29) is 10.8 Å². The van der Waals surface area contributed by atoms with Gasteiger partial charge in [0.25, 0.3) is 5.91 Å². The highest BCUT2D eigenvalue weighted by atomic mass is 32.2. The van der Waals surface area contributed by atoms with Crippen molar-refractivity contribution in [2.45, 2.75) is 18.7 Å². The first-order valence-electron chi connectivity index (χ1n) is 7.13. The number of benzene rings is 2. The van der Waals surface area contributed by atoms with E-state index >= 15 is 0 Å². The summed E-state index contributed by atoms with van der Waals surface area (Å²) in [5, 5.41) is 2.80. The van der Waals surface area contributed by atoms with Crippen LogP contribution in [0.15, 0.2) is 47.4 Å². The van der Waals surface area contributed by atoms with Crippen molar-refractivity contribution < 1.29 is 13.2 Å². The number of aryl methyl sites for hydroxylation is 1. The second-order valence-corrected chi connectivity index (χ2v) is 7.67. The zero-order valence-corrected chi connectivity index (χ0v) is 14.4. The van der Waals surface area contributed by atoms with Gasteiger partial charge in [-0.15, -0.1) is 0 Å². The van der Waals surface area contributed by atoms with Gasteiger partial charge in [-0.1, -0.05) is 18.2 Å². The highest BCUT2D eigenvalue weighted by Gasteiger charge is 2.20. The van der Waals surface area contributed by atoms with E-state index in [9.17, 15) is 13.2 Å². The van der Waals surface area contributed by atoms with Gasteiger partial charge < -0.3 is 5.32 Å². The van der Waals surface area contributed by atoms with Gasteiger partial charge in [-0.3, -0.25) is 4.79 Å². The second-order valence-electron chi connectivity index (χ2n) is 5.52. The lowest BCUT2D eigenvalue weighted by Crippen LogP contribution is -2.23. The highest BCUT2D eigenvalue weighted by molar-refractivity contribution is 7.89. The third kappa shape index (κ3) is 3.60. The fourth-order valence-electron chi connectivity index (χ4n) is 2.10. The maximum absolute atomic E-state index is 12.3. The molecule has 0 fully saturated rings. The fraction of sp³-hybridized carbons (Fsp3) is 0.235. The number of nitrogens with one attached hydrogen (secondary N) is 1. The van der Waals surface area contributed by atoms with Crippen LogP contribution in [0.3, 0.4) is 0 Å². The monoisotopic (exact) mass is 332 g/mol. The lowest BCUT2D eigenvalue weighted by molar-refractivity contribution is 0.102. The summed E-state index contributed by atoms with van der Waals surface area (Å²) in [6.45, 7) is 3.67. The number of rotatable bonds is 4. The highest BCUT2D eigenvalue weighted by Crippen LogP contribution is 2.26. The predicted octanol–water partition coefficient (Wildman–Crippen LogP) is 2.81. The lowest BCUT2D eigenvalue weighted by Gasteiger charge is -2.16. The second kappa shape index (κ2) is 6.52. The minimum absolute atomic E-state index is 0.161. The molecule has 0 atom stereocenters. The normalized spacial score (nSPS) is 11.5. The van der Waals surface area contributed by atoms with Crippen molar-refractivity contribution in [1.29, 1.82) is 0 Å². The molecule has 23 heavy (non-hydrogen) atoms. The van der Waals surface area contributed by atoms with Crippen molar-refractivity contribution in [3.63, 3.8) is 0 Å². The van der Waals surface area contributed by atoms with Crippen LogP contribution in [0.2, 0.25) is 0 Å². The third-order valence-electron chi connectivity index (χ3n) is 3.70. The molecule has 0 saturated carbocycles. The quantitative estimate of drug-likeness (QED) is 0.936. The number of amides is 1. The number of nitrogens with zero attached hydrogens (tertiary/aromatic N) is 1. The van der Waals surface area contributed by atoms with Gasteiger partial charge >= 0.3 is 0 Å². The van der Waals surface area contributed by atoms with Crippen LogP contribution in [0.4, 0.5) is 5.69 Å². The minimum Gasteiger partial charge on any atom is -0.322 e. The van der Waals surface area contributed by atoms with E-state index in [2.05, 4.69) is 5.32 Å². The Kier molecular flexibility index (Phi) is 4.87. The summed E-state index contributed by atoms with van der Waals surface area (Å²) in [7, 11) is -0.599.